The summed E-state index contributed by atoms with van der Waals surface area (Å²) in [4.78, 5) is 12.2. The van der Waals surface area contributed by atoms with Crippen LogP contribution >= 0.6 is 22.9 Å². The van der Waals surface area contributed by atoms with Gasteiger partial charge >= 0.3 is 4.87 Å². The van der Waals surface area contributed by atoms with Gasteiger partial charge in [-0.2, -0.15) is 0 Å². The van der Waals surface area contributed by atoms with Crippen LogP contribution in [0.1, 0.15) is 19.3 Å². The summed E-state index contributed by atoms with van der Waals surface area (Å²) in [7, 11) is 0. The molecule has 2 aromatic rings. The van der Waals surface area contributed by atoms with E-state index in [2.05, 4.69) is 5.32 Å². The van der Waals surface area contributed by atoms with Crippen molar-refractivity contribution in [1.82, 2.24) is 9.88 Å². The number of rotatable bonds is 3. The molecule has 0 unspecified atom stereocenters. The molecule has 2 heterocycles. The number of piperidine rings is 1. The number of benzene rings is 1. The van der Waals surface area contributed by atoms with Crippen LogP contribution in [0.5, 0.6) is 0 Å². The maximum absolute atomic E-state index is 12.0. The van der Waals surface area contributed by atoms with Crippen LogP contribution in [-0.4, -0.2) is 17.7 Å². The van der Waals surface area contributed by atoms with Crippen LogP contribution in [-0.2, 0) is 6.54 Å². The average Bonchev–Trinajstić information content (AvgIpc) is 2.73. The van der Waals surface area contributed by atoms with E-state index in [1.54, 1.807) is 0 Å². The van der Waals surface area contributed by atoms with Crippen molar-refractivity contribution in [2.75, 3.05) is 13.1 Å². The molecule has 0 atom stereocenters. The van der Waals surface area contributed by atoms with Gasteiger partial charge < -0.3 is 5.32 Å². The zero-order valence-corrected chi connectivity index (χ0v) is 12.3. The Bertz CT molecular complexity index is 628. The van der Waals surface area contributed by atoms with Crippen LogP contribution in [0.15, 0.2) is 23.0 Å². The molecule has 1 fully saturated rings. The fraction of sp³-hybridized carbons (Fsp3) is 0.500. The van der Waals surface area contributed by atoms with Crippen molar-refractivity contribution in [2.24, 2.45) is 5.92 Å². The Balaban J connectivity index is 1.81. The lowest BCUT2D eigenvalue weighted by molar-refractivity contribution is 0.339. The Morgan fingerprint density at radius 1 is 1.37 bits per heavy atom. The Morgan fingerprint density at radius 2 is 2.16 bits per heavy atom. The lowest BCUT2D eigenvalue weighted by Gasteiger charge is -2.22. The van der Waals surface area contributed by atoms with Crippen molar-refractivity contribution in [2.45, 2.75) is 25.8 Å². The molecule has 102 valence electrons. The molecule has 0 aliphatic carbocycles. The first kappa shape index (κ1) is 13.2. The summed E-state index contributed by atoms with van der Waals surface area (Å²) >= 11 is 7.34. The van der Waals surface area contributed by atoms with E-state index < -0.39 is 0 Å². The molecular weight excluding hydrogens is 280 g/mol. The molecule has 0 bridgehead atoms. The summed E-state index contributed by atoms with van der Waals surface area (Å²) in [6.07, 6.45) is 3.52. The van der Waals surface area contributed by atoms with Gasteiger partial charge in [0.1, 0.15) is 0 Å². The maximum Gasteiger partial charge on any atom is 0.308 e. The van der Waals surface area contributed by atoms with Crippen molar-refractivity contribution in [3.8, 4) is 0 Å². The number of aromatic nitrogens is 1. The molecule has 3 rings (SSSR count). The van der Waals surface area contributed by atoms with E-state index in [4.69, 9.17) is 11.6 Å². The van der Waals surface area contributed by atoms with Gasteiger partial charge in [-0.05, 0) is 56.5 Å². The van der Waals surface area contributed by atoms with E-state index in [0.29, 0.717) is 5.02 Å². The third kappa shape index (κ3) is 2.86. The zero-order valence-electron chi connectivity index (χ0n) is 10.7. The van der Waals surface area contributed by atoms with E-state index >= 15 is 0 Å². The minimum Gasteiger partial charge on any atom is -0.317 e. The lowest BCUT2D eigenvalue weighted by atomic mass is 9.95. The van der Waals surface area contributed by atoms with Crippen molar-refractivity contribution in [3.63, 3.8) is 0 Å². The second-order valence-corrected chi connectivity index (χ2v) is 6.54. The van der Waals surface area contributed by atoms with Gasteiger partial charge in [0.15, 0.2) is 0 Å². The number of halogens is 1. The molecule has 3 nitrogen and oxygen atoms in total. The molecule has 1 saturated heterocycles. The number of hydrogen-bond acceptors (Lipinski definition) is 3. The molecule has 1 N–H and O–H groups in total. The van der Waals surface area contributed by atoms with Crippen LogP contribution in [0.4, 0.5) is 0 Å². The zero-order chi connectivity index (χ0) is 13.2. The highest BCUT2D eigenvalue weighted by molar-refractivity contribution is 7.16. The average molecular weight is 297 g/mol. The van der Waals surface area contributed by atoms with Crippen LogP contribution in [0, 0.1) is 5.92 Å². The summed E-state index contributed by atoms with van der Waals surface area (Å²) < 4.78 is 2.91. The topological polar surface area (TPSA) is 34.0 Å². The summed E-state index contributed by atoms with van der Waals surface area (Å²) in [5, 5.41) is 4.07. The van der Waals surface area contributed by atoms with Crippen LogP contribution in [0.3, 0.4) is 0 Å². The molecule has 5 heteroatoms. The predicted octanol–water partition coefficient (Wildman–Crippen LogP) is 3.11. The van der Waals surface area contributed by atoms with Crippen molar-refractivity contribution in [3.05, 3.63) is 32.9 Å². The standard InChI is InChI=1S/C14H17ClN2OS/c15-11-1-2-13-12(9-11)17(14(18)19-13)8-5-10-3-6-16-7-4-10/h1-2,9-10,16H,3-8H2. The van der Waals surface area contributed by atoms with E-state index in [1.807, 2.05) is 22.8 Å². The quantitative estimate of drug-likeness (QED) is 0.944. The molecule has 0 radical (unpaired) electrons. The molecule has 0 saturated carbocycles. The molecule has 1 aliphatic rings. The van der Waals surface area contributed by atoms with Crippen LogP contribution in [0.2, 0.25) is 5.02 Å². The maximum atomic E-state index is 12.0. The fourth-order valence-electron chi connectivity index (χ4n) is 2.73. The molecular formula is C14H17ClN2OS. The van der Waals surface area contributed by atoms with Gasteiger partial charge in [-0.3, -0.25) is 9.36 Å². The van der Waals surface area contributed by atoms with Crippen molar-refractivity contribution < 1.29 is 0 Å². The third-order valence-electron chi connectivity index (χ3n) is 3.85. The second-order valence-electron chi connectivity index (χ2n) is 5.11. The highest BCUT2D eigenvalue weighted by Gasteiger charge is 2.14. The Hall–Kier alpha value is -0.840. The third-order valence-corrected chi connectivity index (χ3v) is 5.04. The highest BCUT2D eigenvalue weighted by atomic mass is 35.5. The number of thiazole rings is 1. The van der Waals surface area contributed by atoms with Gasteiger partial charge in [0.25, 0.3) is 0 Å². The monoisotopic (exact) mass is 296 g/mol. The van der Waals surface area contributed by atoms with Gasteiger partial charge in [-0.15, -0.1) is 0 Å². The van der Waals surface area contributed by atoms with E-state index in [-0.39, 0.29) is 4.87 Å². The molecule has 0 spiro atoms. The van der Waals surface area contributed by atoms with Gasteiger partial charge in [0.2, 0.25) is 0 Å². The molecule has 1 aromatic carbocycles. The highest BCUT2D eigenvalue weighted by Crippen LogP contribution is 2.23. The number of aryl methyl sites for hydroxylation is 1. The van der Waals surface area contributed by atoms with Gasteiger partial charge in [0.05, 0.1) is 10.2 Å². The van der Waals surface area contributed by atoms with Crippen molar-refractivity contribution in [1.29, 1.82) is 0 Å². The largest absolute Gasteiger partial charge is 0.317 e. The molecule has 19 heavy (non-hydrogen) atoms. The van der Waals surface area contributed by atoms with Gasteiger partial charge in [-0.1, -0.05) is 22.9 Å². The van der Waals surface area contributed by atoms with Gasteiger partial charge in [0, 0.05) is 11.6 Å². The molecule has 1 aliphatic heterocycles. The van der Waals surface area contributed by atoms with E-state index in [0.717, 1.165) is 42.2 Å². The first-order valence-corrected chi connectivity index (χ1v) is 7.93. The first-order chi connectivity index (χ1) is 9.24. The number of fused-ring (bicyclic) bond motifs is 1. The van der Waals surface area contributed by atoms with Crippen molar-refractivity contribution >= 4 is 33.2 Å². The number of hydrogen-bond donors (Lipinski definition) is 1. The summed E-state index contributed by atoms with van der Waals surface area (Å²) in [6, 6.07) is 5.68. The summed E-state index contributed by atoms with van der Waals surface area (Å²) in [6.45, 7) is 3.02. The van der Waals surface area contributed by atoms with Crippen LogP contribution < -0.4 is 10.2 Å². The summed E-state index contributed by atoms with van der Waals surface area (Å²) in [5.41, 5.74) is 0.983. The number of nitrogens with zero attached hydrogens (tertiary/aromatic N) is 1. The Kier molecular flexibility index (Phi) is 3.91. The van der Waals surface area contributed by atoms with Crippen LogP contribution in [0.25, 0.3) is 10.2 Å². The normalized spacial score (nSPS) is 17.1. The van der Waals surface area contributed by atoms with E-state index in [9.17, 15) is 4.79 Å². The SMILES string of the molecule is O=c1sc2ccc(Cl)cc2n1CCC1CCNCC1. The molecule has 1 aromatic heterocycles. The molecule has 0 amide bonds. The summed E-state index contributed by atoms with van der Waals surface area (Å²) in [5.74, 6) is 0.738. The lowest BCUT2D eigenvalue weighted by Crippen LogP contribution is -2.28. The minimum absolute atomic E-state index is 0.131. The smallest absolute Gasteiger partial charge is 0.308 e. The second kappa shape index (κ2) is 5.65. The van der Waals surface area contributed by atoms with Gasteiger partial charge in [-0.25, -0.2) is 0 Å². The first-order valence-electron chi connectivity index (χ1n) is 6.73. The van der Waals surface area contributed by atoms with E-state index in [1.165, 1.54) is 24.2 Å². The fourth-order valence-corrected chi connectivity index (χ4v) is 3.79. The minimum atomic E-state index is 0.131. The number of nitrogens with one attached hydrogen (secondary N) is 1. The Labute approximate surface area is 121 Å². The Morgan fingerprint density at radius 3 is 2.95 bits per heavy atom. The predicted molar refractivity (Wildman–Crippen MR) is 81.3 cm³/mol.